The van der Waals surface area contributed by atoms with E-state index in [9.17, 15) is 10.1 Å². The fraction of sp³-hybridized carbons (Fsp3) is 0.143. The van der Waals surface area contributed by atoms with E-state index in [4.69, 9.17) is 0 Å². The van der Waals surface area contributed by atoms with E-state index in [1.165, 1.54) is 0 Å². The number of rotatable bonds is 5. The molecule has 25 heavy (non-hydrogen) atoms. The number of aromatic nitrogens is 1. The molecule has 0 aliphatic carbocycles. The molecule has 124 valence electrons. The van der Waals surface area contributed by atoms with Crippen LogP contribution in [-0.4, -0.2) is 17.0 Å². The summed E-state index contributed by atoms with van der Waals surface area (Å²) >= 11 is 0. The summed E-state index contributed by atoms with van der Waals surface area (Å²) in [6.45, 7) is 0.497. The zero-order valence-corrected chi connectivity index (χ0v) is 14.1. The zero-order chi connectivity index (χ0) is 17.6. The molecule has 0 saturated heterocycles. The number of carbonyl (C=O) groups is 1. The van der Waals surface area contributed by atoms with Gasteiger partial charge in [-0.3, -0.25) is 4.79 Å². The van der Waals surface area contributed by atoms with Crippen LogP contribution in [0.4, 0.5) is 0 Å². The standard InChI is InChI=1S/C21H19N3O/c1-24-15-18(19-9-5-6-10-20(19)24)13-17(14-22)21(25)23-12-11-16-7-3-2-4-8-16/h2-10,13,15H,11-12H2,1H3,(H,23,25). The van der Waals surface area contributed by atoms with Crippen molar-refractivity contribution in [1.82, 2.24) is 9.88 Å². The van der Waals surface area contributed by atoms with Gasteiger partial charge < -0.3 is 9.88 Å². The Bertz CT molecular complexity index is 962. The second kappa shape index (κ2) is 7.50. The highest BCUT2D eigenvalue weighted by Gasteiger charge is 2.11. The first-order valence-corrected chi connectivity index (χ1v) is 8.17. The molecule has 1 N–H and O–H groups in total. The Kier molecular flexibility index (Phi) is 4.96. The average molecular weight is 329 g/mol. The minimum absolute atomic E-state index is 0.115. The van der Waals surface area contributed by atoms with Crippen LogP contribution in [0.1, 0.15) is 11.1 Å². The second-order valence-electron chi connectivity index (χ2n) is 5.87. The summed E-state index contributed by atoms with van der Waals surface area (Å²) < 4.78 is 1.99. The van der Waals surface area contributed by atoms with Gasteiger partial charge in [0.05, 0.1) is 0 Å². The molecule has 4 nitrogen and oxygen atoms in total. The third-order valence-electron chi connectivity index (χ3n) is 4.13. The Morgan fingerprint density at radius 1 is 1.16 bits per heavy atom. The van der Waals surface area contributed by atoms with Crippen molar-refractivity contribution in [2.75, 3.05) is 6.54 Å². The summed E-state index contributed by atoms with van der Waals surface area (Å²) in [5, 5.41) is 13.2. The fourth-order valence-electron chi connectivity index (χ4n) is 2.85. The molecule has 3 rings (SSSR count). The third kappa shape index (κ3) is 3.78. The van der Waals surface area contributed by atoms with Gasteiger partial charge >= 0.3 is 0 Å². The highest BCUT2D eigenvalue weighted by atomic mass is 16.1. The molecule has 0 radical (unpaired) electrons. The Balaban J connectivity index is 1.73. The lowest BCUT2D eigenvalue weighted by Crippen LogP contribution is -2.26. The number of carbonyl (C=O) groups excluding carboxylic acids is 1. The van der Waals surface area contributed by atoms with Crippen LogP contribution in [0.3, 0.4) is 0 Å². The number of hydrogen-bond acceptors (Lipinski definition) is 2. The Morgan fingerprint density at radius 2 is 1.88 bits per heavy atom. The molecule has 1 aromatic heterocycles. The Labute approximate surface area is 147 Å². The zero-order valence-electron chi connectivity index (χ0n) is 14.1. The molecular weight excluding hydrogens is 310 g/mol. The molecule has 0 spiro atoms. The number of para-hydroxylation sites is 1. The highest BCUT2D eigenvalue weighted by molar-refractivity contribution is 6.04. The molecular formula is C21H19N3O. The van der Waals surface area contributed by atoms with Crippen LogP contribution < -0.4 is 5.32 Å². The number of hydrogen-bond donors (Lipinski definition) is 1. The largest absolute Gasteiger partial charge is 0.351 e. The molecule has 1 heterocycles. The predicted molar refractivity (Wildman–Crippen MR) is 99.7 cm³/mol. The molecule has 0 atom stereocenters. The van der Waals surface area contributed by atoms with Gasteiger partial charge in [-0.2, -0.15) is 5.26 Å². The summed E-state index contributed by atoms with van der Waals surface area (Å²) in [5.74, 6) is -0.341. The van der Waals surface area contributed by atoms with Crippen molar-refractivity contribution in [2.45, 2.75) is 6.42 Å². The molecule has 0 aliphatic rings. The molecule has 1 amide bonds. The van der Waals surface area contributed by atoms with Crippen molar-refractivity contribution in [1.29, 1.82) is 5.26 Å². The van der Waals surface area contributed by atoms with Crippen molar-refractivity contribution >= 4 is 22.9 Å². The van der Waals surface area contributed by atoms with Crippen LogP contribution in [0.5, 0.6) is 0 Å². The van der Waals surface area contributed by atoms with E-state index in [2.05, 4.69) is 5.32 Å². The van der Waals surface area contributed by atoms with Gasteiger partial charge in [-0.05, 0) is 24.1 Å². The molecule has 3 aromatic rings. The van der Waals surface area contributed by atoms with Crippen molar-refractivity contribution in [3.63, 3.8) is 0 Å². The number of fused-ring (bicyclic) bond motifs is 1. The fourth-order valence-corrected chi connectivity index (χ4v) is 2.85. The number of nitrogens with zero attached hydrogens (tertiary/aromatic N) is 2. The normalized spacial score (nSPS) is 11.3. The van der Waals surface area contributed by atoms with Crippen molar-refractivity contribution in [3.8, 4) is 6.07 Å². The van der Waals surface area contributed by atoms with Crippen LogP contribution in [0.15, 0.2) is 66.4 Å². The van der Waals surface area contributed by atoms with E-state index in [0.29, 0.717) is 6.54 Å². The number of benzene rings is 2. The quantitative estimate of drug-likeness (QED) is 0.576. The predicted octanol–water partition coefficient (Wildman–Crippen LogP) is 3.44. The maximum Gasteiger partial charge on any atom is 0.261 e. The summed E-state index contributed by atoms with van der Waals surface area (Å²) in [6.07, 6.45) is 4.32. The van der Waals surface area contributed by atoms with Gasteiger partial charge in [-0.15, -0.1) is 0 Å². The van der Waals surface area contributed by atoms with E-state index in [0.717, 1.165) is 28.5 Å². The number of amides is 1. The number of aryl methyl sites for hydroxylation is 1. The SMILES string of the molecule is Cn1cc(C=C(C#N)C(=O)NCCc2ccccc2)c2ccccc21. The van der Waals surface area contributed by atoms with E-state index in [1.54, 1.807) is 6.08 Å². The lowest BCUT2D eigenvalue weighted by Gasteiger charge is -2.04. The highest BCUT2D eigenvalue weighted by Crippen LogP contribution is 2.22. The van der Waals surface area contributed by atoms with Crippen molar-refractivity contribution in [2.24, 2.45) is 7.05 Å². The van der Waals surface area contributed by atoms with E-state index >= 15 is 0 Å². The van der Waals surface area contributed by atoms with Gasteiger partial charge in [-0.25, -0.2) is 0 Å². The van der Waals surface area contributed by atoms with E-state index in [-0.39, 0.29) is 11.5 Å². The van der Waals surface area contributed by atoms with Gasteiger partial charge in [0.25, 0.3) is 5.91 Å². The maximum absolute atomic E-state index is 12.3. The Hall–Kier alpha value is -3.32. The van der Waals surface area contributed by atoms with Crippen LogP contribution in [0.25, 0.3) is 17.0 Å². The van der Waals surface area contributed by atoms with Gasteiger partial charge in [0.1, 0.15) is 11.6 Å². The van der Waals surface area contributed by atoms with Crippen LogP contribution in [0, 0.1) is 11.3 Å². The molecule has 0 unspecified atom stereocenters. The summed E-state index contributed by atoms with van der Waals surface area (Å²) in [7, 11) is 1.95. The summed E-state index contributed by atoms with van der Waals surface area (Å²) in [6, 6.07) is 19.9. The molecule has 0 saturated carbocycles. The van der Waals surface area contributed by atoms with Gasteiger partial charge in [0.15, 0.2) is 0 Å². The minimum Gasteiger partial charge on any atom is -0.351 e. The van der Waals surface area contributed by atoms with Crippen molar-refractivity contribution in [3.05, 3.63) is 77.5 Å². The Morgan fingerprint density at radius 3 is 2.64 bits per heavy atom. The van der Waals surface area contributed by atoms with E-state index < -0.39 is 0 Å². The first-order valence-electron chi connectivity index (χ1n) is 8.17. The number of nitriles is 1. The van der Waals surface area contributed by atoms with Crippen LogP contribution in [0.2, 0.25) is 0 Å². The van der Waals surface area contributed by atoms with Crippen molar-refractivity contribution < 1.29 is 4.79 Å². The third-order valence-corrected chi connectivity index (χ3v) is 4.13. The number of nitrogens with one attached hydrogen (secondary N) is 1. The summed E-state index contributed by atoms with van der Waals surface area (Å²) in [5.41, 5.74) is 3.20. The summed E-state index contributed by atoms with van der Waals surface area (Å²) in [4.78, 5) is 12.3. The minimum atomic E-state index is -0.341. The van der Waals surface area contributed by atoms with E-state index in [1.807, 2.05) is 78.5 Å². The smallest absolute Gasteiger partial charge is 0.261 e. The lowest BCUT2D eigenvalue weighted by molar-refractivity contribution is -0.117. The first-order chi connectivity index (χ1) is 12.2. The molecule has 4 heteroatoms. The second-order valence-corrected chi connectivity index (χ2v) is 5.87. The van der Waals surface area contributed by atoms with Crippen LogP contribution in [-0.2, 0) is 18.3 Å². The average Bonchev–Trinajstić information content (AvgIpc) is 2.96. The van der Waals surface area contributed by atoms with Gasteiger partial charge in [-0.1, -0.05) is 48.5 Å². The van der Waals surface area contributed by atoms with Gasteiger partial charge in [0, 0.05) is 36.3 Å². The lowest BCUT2D eigenvalue weighted by atomic mass is 10.1. The monoisotopic (exact) mass is 329 g/mol. The first kappa shape index (κ1) is 16.5. The maximum atomic E-state index is 12.3. The molecule has 0 fully saturated rings. The van der Waals surface area contributed by atoms with Crippen LogP contribution >= 0.6 is 0 Å². The topological polar surface area (TPSA) is 57.8 Å². The van der Waals surface area contributed by atoms with Gasteiger partial charge in [0.2, 0.25) is 0 Å². The molecule has 2 aromatic carbocycles. The molecule has 0 aliphatic heterocycles. The molecule has 0 bridgehead atoms.